The number of halogens is 2. The van der Waals surface area contributed by atoms with Gasteiger partial charge in [0, 0.05) is 33.1 Å². The van der Waals surface area contributed by atoms with Crippen LogP contribution in [0.4, 0.5) is 0 Å². The van der Waals surface area contributed by atoms with Gasteiger partial charge in [-0.1, -0.05) is 35.3 Å². The van der Waals surface area contributed by atoms with Gasteiger partial charge in [-0.25, -0.2) is 4.98 Å². The minimum atomic E-state index is -0.594. The molecular formula is C42H43Cl2N9O6S. The molecule has 4 N–H and O–H groups in total. The Labute approximate surface area is 359 Å². The van der Waals surface area contributed by atoms with Crippen molar-refractivity contribution in [3.8, 4) is 28.0 Å². The summed E-state index contributed by atoms with van der Waals surface area (Å²) in [7, 11) is 0. The Morgan fingerprint density at radius 2 is 1.70 bits per heavy atom. The Bertz CT molecular complexity index is 2550. The molecule has 312 valence electrons. The van der Waals surface area contributed by atoms with Crippen molar-refractivity contribution in [3.05, 3.63) is 97.9 Å². The summed E-state index contributed by atoms with van der Waals surface area (Å²) in [6.45, 7) is 6.74. The lowest BCUT2D eigenvalue weighted by atomic mass is 9.99. The van der Waals surface area contributed by atoms with E-state index in [-0.39, 0.29) is 57.2 Å². The zero-order valence-electron chi connectivity index (χ0n) is 33.1. The Kier molecular flexibility index (Phi) is 12.5. The Balaban J connectivity index is 0.774. The number of ether oxygens (including phenoxy) is 3. The Morgan fingerprint density at radius 1 is 0.950 bits per heavy atom. The third kappa shape index (κ3) is 9.02. The molecule has 60 heavy (non-hydrogen) atoms. The molecule has 1 saturated carbocycles. The number of imidazole rings is 1. The van der Waals surface area contributed by atoms with Gasteiger partial charge in [0.25, 0.3) is 6.01 Å². The van der Waals surface area contributed by atoms with Gasteiger partial charge >= 0.3 is 0 Å². The van der Waals surface area contributed by atoms with E-state index < -0.39 is 12.1 Å². The van der Waals surface area contributed by atoms with Crippen LogP contribution in [0.5, 0.6) is 11.8 Å². The van der Waals surface area contributed by atoms with E-state index in [4.69, 9.17) is 42.4 Å². The van der Waals surface area contributed by atoms with Gasteiger partial charge < -0.3 is 34.9 Å². The molecule has 1 aliphatic carbocycles. The molecule has 15 nitrogen and oxygen atoms in total. The number of aliphatic hydroxyl groups excluding tert-OH is 1. The van der Waals surface area contributed by atoms with Crippen LogP contribution in [0.25, 0.3) is 27.4 Å². The highest BCUT2D eigenvalue weighted by molar-refractivity contribution is 7.15. The molecular weight excluding hydrogens is 829 g/mol. The molecule has 8 rings (SSSR count). The number of amides is 2. The number of benzene rings is 2. The number of thiophene rings is 1. The van der Waals surface area contributed by atoms with E-state index in [2.05, 4.69) is 49.6 Å². The molecule has 0 saturated heterocycles. The first-order valence-electron chi connectivity index (χ1n) is 19.6. The second-order valence-corrected chi connectivity index (χ2v) is 16.7. The average molecular weight is 873 g/mol. The number of nitrogens with zero attached hydrogens (tertiary/aromatic N) is 6. The monoisotopic (exact) mass is 871 g/mol. The zero-order chi connectivity index (χ0) is 41.9. The number of hydrogen-bond donors (Lipinski definition) is 4. The number of fused-ring (bicyclic) bond motifs is 4. The molecule has 1 aliphatic heterocycles. The molecule has 3 atom stereocenters. The third-order valence-corrected chi connectivity index (χ3v) is 12.2. The number of pyridine rings is 1. The lowest BCUT2D eigenvalue weighted by Crippen LogP contribution is -2.33. The summed E-state index contributed by atoms with van der Waals surface area (Å²) in [6.07, 6.45) is 1.64. The van der Waals surface area contributed by atoms with Crippen molar-refractivity contribution in [1.29, 1.82) is 0 Å². The van der Waals surface area contributed by atoms with Gasteiger partial charge in [0.05, 0.1) is 47.6 Å². The third-order valence-electron chi connectivity index (χ3n) is 10.4. The van der Waals surface area contributed by atoms with Gasteiger partial charge in [-0.3, -0.25) is 19.1 Å². The van der Waals surface area contributed by atoms with Gasteiger partial charge in [0.15, 0.2) is 11.5 Å². The van der Waals surface area contributed by atoms with E-state index in [0.29, 0.717) is 56.7 Å². The van der Waals surface area contributed by atoms with E-state index in [0.717, 1.165) is 50.7 Å². The lowest BCUT2D eigenvalue weighted by molar-refractivity contribution is -0.125. The number of aliphatic hydroxyl groups is 1. The number of nitrogens with one attached hydrogen (secondary N) is 3. The molecule has 2 aromatic carbocycles. The summed E-state index contributed by atoms with van der Waals surface area (Å²) in [6, 6.07) is 16.3. The smallest absolute Gasteiger partial charge is 0.296 e. The standard InChI is InChI=1S/C42H43Cl2N9O6S/c1-22-23(2)60-41-36(22)38(26-7-11-27(43)12-8-26)47-31(40-52-51-24(3)53(40)41)20-34(55)45-15-17-57-21-35(56)46-16-18-58-28-13-9-25(10-14-28)37-29(44)19-30-39(49-37)50-42(48-30)59-33-6-4-5-32(33)54/h7-14,19,31-33,54H,4-6,15-18,20-21H2,1-3H3,(H,45,55)(H,46,56)(H,48,49,50)/t31-,32-,33-/m0/s1. The van der Waals surface area contributed by atoms with Crippen LogP contribution in [0.2, 0.25) is 10.0 Å². The number of aliphatic imine (C=N–C) groups is 1. The molecule has 2 aliphatic rings. The fourth-order valence-electron chi connectivity index (χ4n) is 7.27. The maximum atomic E-state index is 13.2. The van der Waals surface area contributed by atoms with Gasteiger partial charge in [-0.2, -0.15) is 4.98 Å². The minimum absolute atomic E-state index is 0.0425. The summed E-state index contributed by atoms with van der Waals surface area (Å²) in [5.74, 6) is 1.37. The van der Waals surface area contributed by atoms with Crippen LogP contribution in [0.3, 0.4) is 0 Å². The molecule has 6 aromatic rings. The van der Waals surface area contributed by atoms with Gasteiger partial charge in [-0.15, -0.1) is 21.5 Å². The molecule has 0 radical (unpaired) electrons. The largest absolute Gasteiger partial charge is 0.492 e. The predicted molar refractivity (Wildman–Crippen MR) is 229 cm³/mol. The van der Waals surface area contributed by atoms with Gasteiger partial charge in [0.2, 0.25) is 11.8 Å². The topological polar surface area (TPSA) is 191 Å². The Morgan fingerprint density at radius 3 is 2.47 bits per heavy atom. The SMILES string of the molecule is Cc1sc2c(c1C)C(c1ccc(Cl)cc1)=N[C@@H](CC(=O)NCCOCC(=O)NCCOc1ccc(-c3nc4nc(O[C@H]5CCC[C@@H]5O)[nH]c4cc3Cl)cc1)c1nnc(C)n1-2. The second-order valence-electron chi connectivity index (χ2n) is 14.6. The molecule has 2 amide bonds. The zero-order valence-corrected chi connectivity index (χ0v) is 35.5. The van der Waals surface area contributed by atoms with E-state index in [1.165, 1.54) is 0 Å². The molecule has 0 spiro atoms. The van der Waals surface area contributed by atoms with Crippen molar-refractivity contribution in [1.82, 2.24) is 40.3 Å². The first-order valence-corrected chi connectivity index (χ1v) is 21.2. The lowest BCUT2D eigenvalue weighted by Gasteiger charge is -2.14. The van der Waals surface area contributed by atoms with Gasteiger partial charge in [-0.05, 0) is 88.1 Å². The first kappa shape index (κ1) is 41.3. The second kappa shape index (κ2) is 18.1. The van der Waals surface area contributed by atoms with Crippen LogP contribution < -0.4 is 20.1 Å². The van der Waals surface area contributed by atoms with Crippen molar-refractivity contribution >= 4 is 63.2 Å². The minimum Gasteiger partial charge on any atom is -0.492 e. The number of rotatable bonds is 15. The predicted octanol–water partition coefficient (Wildman–Crippen LogP) is 6.40. The first-order chi connectivity index (χ1) is 29.0. The molecule has 4 aromatic heterocycles. The number of carbonyl (C=O) groups is 2. The van der Waals surface area contributed by atoms with Crippen LogP contribution in [-0.4, -0.2) is 97.5 Å². The van der Waals surface area contributed by atoms with Gasteiger partial charge in [0.1, 0.15) is 41.9 Å². The van der Waals surface area contributed by atoms with Crippen LogP contribution in [0.15, 0.2) is 59.6 Å². The molecule has 18 heteroatoms. The summed E-state index contributed by atoms with van der Waals surface area (Å²) in [5.41, 5.74) is 6.19. The van der Waals surface area contributed by atoms with E-state index in [9.17, 15) is 14.7 Å². The van der Waals surface area contributed by atoms with Crippen molar-refractivity contribution in [2.24, 2.45) is 4.99 Å². The van der Waals surface area contributed by atoms with Crippen LogP contribution in [-0.2, 0) is 14.3 Å². The number of aryl methyl sites for hydroxylation is 2. The van der Waals surface area contributed by atoms with Crippen molar-refractivity contribution in [2.75, 3.05) is 32.9 Å². The number of aromatic amines is 1. The maximum absolute atomic E-state index is 13.2. The summed E-state index contributed by atoms with van der Waals surface area (Å²) in [5, 5.41) is 26.6. The van der Waals surface area contributed by atoms with Crippen molar-refractivity contribution in [3.63, 3.8) is 0 Å². The fraction of sp³-hybridized carbons (Fsp3) is 0.357. The van der Waals surface area contributed by atoms with Crippen LogP contribution >= 0.6 is 34.5 Å². The normalized spacial score (nSPS) is 17.2. The van der Waals surface area contributed by atoms with Crippen molar-refractivity contribution < 1.29 is 28.9 Å². The van der Waals surface area contributed by atoms with Crippen LogP contribution in [0, 0.1) is 20.8 Å². The Hall–Kier alpha value is -5.39. The van der Waals surface area contributed by atoms with Crippen molar-refractivity contribution in [2.45, 2.75) is 64.7 Å². The number of H-pyrrole nitrogens is 1. The average Bonchev–Trinajstić information content (AvgIpc) is 3.98. The molecule has 0 bridgehead atoms. The number of carbonyl (C=O) groups excluding carboxylic acids is 2. The molecule has 0 unspecified atom stereocenters. The number of hydrogen-bond acceptors (Lipinski definition) is 12. The molecule has 1 fully saturated rings. The highest BCUT2D eigenvalue weighted by Gasteiger charge is 2.33. The highest BCUT2D eigenvalue weighted by atomic mass is 35.5. The van der Waals surface area contributed by atoms with Crippen LogP contribution in [0.1, 0.15) is 64.9 Å². The highest BCUT2D eigenvalue weighted by Crippen LogP contribution is 2.40. The molecule has 5 heterocycles. The maximum Gasteiger partial charge on any atom is 0.296 e. The van der Waals surface area contributed by atoms with E-state index >= 15 is 0 Å². The summed E-state index contributed by atoms with van der Waals surface area (Å²) < 4.78 is 19.2. The fourth-order valence-corrected chi connectivity index (χ4v) is 8.87. The van der Waals surface area contributed by atoms with E-state index in [1.807, 2.05) is 47.9 Å². The quantitative estimate of drug-likeness (QED) is 0.0841. The van der Waals surface area contributed by atoms with E-state index in [1.54, 1.807) is 29.5 Å². The number of aromatic nitrogens is 6. The summed E-state index contributed by atoms with van der Waals surface area (Å²) >= 11 is 14.4. The summed E-state index contributed by atoms with van der Waals surface area (Å²) in [4.78, 5) is 44.1.